The fourth-order valence-electron chi connectivity index (χ4n) is 5.70. The highest BCUT2D eigenvalue weighted by Gasteiger charge is 2.56. The lowest BCUT2D eigenvalue weighted by Gasteiger charge is -2.60. The Hall–Kier alpha value is -2.13. The molecule has 2 aromatic carbocycles. The first-order valence-electron chi connectivity index (χ1n) is 10.8. The van der Waals surface area contributed by atoms with Crippen LogP contribution in [0.5, 0.6) is 0 Å². The molecule has 2 unspecified atom stereocenters. The molecular formula is C25H29NO2. The number of aryl methyl sites for hydroxylation is 1. The van der Waals surface area contributed by atoms with Gasteiger partial charge in [0.15, 0.2) is 0 Å². The van der Waals surface area contributed by atoms with E-state index in [0.29, 0.717) is 5.91 Å². The van der Waals surface area contributed by atoms with Crippen molar-refractivity contribution in [3.8, 4) is 0 Å². The Morgan fingerprint density at radius 1 is 0.964 bits per heavy atom. The molecule has 2 fully saturated rings. The zero-order valence-corrected chi connectivity index (χ0v) is 16.5. The van der Waals surface area contributed by atoms with E-state index in [4.69, 9.17) is 4.74 Å². The highest BCUT2D eigenvalue weighted by atomic mass is 16.5. The van der Waals surface area contributed by atoms with Gasteiger partial charge in [0, 0.05) is 25.2 Å². The van der Waals surface area contributed by atoms with Crippen LogP contribution in [0.4, 0.5) is 0 Å². The Morgan fingerprint density at radius 2 is 1.71 bits per heavy atom. The molecule has 3 aliphatic rings. The third-order valence-electron chi connectivity index (χ3n) is 7.18. The predicted octanol–water partition coefficient (Wildman–Crippen LogP) is 4.88. The molecule has 2 aliphatic heterocycles. The topological polar surface area (TPSA) is 29.5 Å². The van der Waals surface area contributed by atoms with Crippen molar-refractivity contribution in [3.05, 3.63) is 71.3 Å². The Labute approximate surface area is 167 Å². The van der Waals surface area contributed by atoms with Crippen molar-refractivity contribution in [2.75, 3.05) is 19.8 Å². The minimum Gasteiger partial charge on any atom is -0.381 e. The van der Waals surface area contributed by atoms with E-state index in [0.717, 1.165) is 51.9 Å². The van der Waals surface area contributed by atoms with Gasteiger partial charge in [0.05, 0.1) is 12.0 Å². The molecule has 3 heteroatoms. The van der Waals surface area contributed by atoms with Crippen molar-refractivity contribution in [2.45, 2.75) is 50.5 Å². The molecule has 0 bridgehead atoms. The first-order chi connectivity index (χ1) is 13.8. The van der Waals surface area contributed by atoms with Crippen LogP contribution in [0.3, 0.4) is 0 Å². The standard InChI is InChI=1S/C25H29NO2/c27-24(22-13-7-5-9-19-8-4-6-12-21(19)22)26-18-25(14-16-28-17-15-25)23(26)20-10-2-1-3-11-20/h1-4,6,8,10-12,22-23H,5,7,9,13-18H2. The minimum atomic E-state index is 0.0158. The summed E-state index contributed by atoms with van der Waals surface area (Å²) in [6, 6.07) is 19.5. The lowest BCUT2D eigenvalue weighted by molar-refractivity contribution is -0.171. The van der Waals surface area contributed by atoms with Crippen LogP contribution in [0.25, 0.3) is 0 Å². The van der Waals surface area contributed by atoms with Crippen LogP contribution >= 0.6 is 0 Å². The van der Waals surface area contributed by atoms with Gasteiger partial charge in [0.1, 0.15) is 0 Å². The van der Waals surface area contributed by atoms with E-state index in [-0.39, 0.29) is 17.4 Å². The van der Waals surface area contributed by atoms with Crippen molar-refractivity contribution >= 4 is 5.91 Å². The number of fused-ring (bicyclic) bond motifs is 1. The van der Waals surface area contributed by atoms with E-state index in [9.17, 15) is 4.79 Å². The number of hydrogen-bond acceptors (Lipinski definition) is 2. The predicted molar refractivity (Wildman–Crippen MR) is 110 cm³/mol. The number of carbonyl (C=O) groups is 1. The van der Waals surface area contributed by atoms with Gasteiger partial charge in [-0.3, -0.25) is 4.79 Å². The molecule has 0 aromatic heterocycles. The maximum atomic E-state index is 13.8. The van der Waals surface area contributed by atoms with Gasteiger partial charge in [-0.1, -0.05) is 61.0 Å². The molecule has 2 atom stereocenters. The summed E-state index contributed by atoms with van der Waals surface area (Å²) in [6.07, 6.45) is 6.50. The van der Waals surface area contributed by atoms with Crippen molar-refractivity contribution in [1.82, 2.24) is 4.90 Å². The second kappa shape index (κ2) is 7.36. The molecule has 2 saturated heterocycles. The van der Waals surface area contributed by atoms with Crippen molar-refractivity contribution in [3.63, 3.8) is 0 Å². The van der Waals surface area contributed by atoms with Gasteiger partial charge in [-0.15, -0.1) is 0 Å². The van der Waals surface area contributed by atoms with Gasteiger partial charge in [-0.05, 0) is 48.8 Å². The zero-order valence-electron chi connectivity index (χ0n) is 16.5. The number of hydrogen-bond donors (Lipinski definition) is 0. The number of nitrogens with zero attached hydrogens (tertiary/aromatic N) is 1. The molecule has 1 amide bonds. The van der Waals surface area contributed by atoms with E-state index in [1.54, 1.807) is 0 Å². The molecular weight excluding hydrogens is 346 g/mol. The molecule has 0 N–H and O–H groups in total. The molecule has 2 aromatic rings. The molecule has 5 rings (SSSR count). The second-order valence-electron chi connectivity index (χ2n) is 8.75. The number of amides is 1. The summed E-state index contributed by atoms with van der Waals surface area (Å²) in [4.78, 5) is 16.0. The van der Waals surface area contributed by atoms with E-state index in [1.807, 2.05) is 0 Å². The third-order valence-corrected chi connectivity index (χ3v) is 7.18. The molecule has 2 heterocycles. The Kier molecular flexibility index (Phi) is 4.72. The molecule has 0 saturated carbocycles. The fraction of sp³-hybridized carbons (Fsp3) is 0.480. The quantitative estimate of drug-likeness (QED) is 0.701. The maximum Gasteiger partial charge on any atom is 0.230 e. The van der Waals surface area contributed by atoms with E-state index in [1.165, 1.54) is 23.1 Å². The summed E-state index contributed by atoms with van der Waals surface area (Å²) in [7, 11) is 0. The van der Waals surface area contributed by atoms with Gasteiger partial charge < -0.3 is 9.64 Å². The van der Waals surface area contributed by atoms with Crippen LogP contribution in [0.15, 0.2) is 54.6 Å². The number of ether oxygens (including phenoxy) is 1. The van der Waals surface area contributed by atoms with Crippen molar-refractivity contribution in [1.29, 1.82) is 0 Å². The number of benzene rings is 2. The Balaban J connectivity index is 1.47. The highest BCUT2D eigenvalue weighted by Crippen LogP contribution is 2.55. The number of likely N-dealkylation sites (tertiary alicyclic amines) is 1. The summed E-state index contributed by atoms with van der Waals surface area (Å²) < 4.78 is 5.66. The van der Waals surface area contributed by atoms with Crippen LogP contribution in [0.2, 0.25) is 0 Å². The normalized spacial score (nSPS) is 26.2. The maximum absolute atomic E-state index is 13.8. The lowest BCUT2D eigenvalue weighted by atomic mass is 9.63. The van der Waals surface area contributed by atoms with Crippen LogP contribution in [-0.4, -0.2) is 30.6 Å². The summed E-state index contributed by atoms with van der Waals surface area (Å²) >= 11 is 0. The zero-order chi connectivity index (χ0) is 19.0. The van der Waals surface area contributed by atoms with Crippen LogP contribution in [0.1, 0.15) is 60.8 Å². The molecule has 28 heavy (non-hydrogen) atoms. The van der Waals surface area contributed by atoms with E-state index < -0.39 is 0 Å². The summed E-state index contributed by atoms with van der Waals surface area (Å²) in [5.74, 6) is 0.349. The van der Waals surface area contributed by atoms with E-state index in [2.05, 4.69) is 59.5 Å². The van der Waals surface area contributed by atoms with Gasteiger partial charge in [-0.2, -0.15) is 0 Å². The monoisotopic (exact) mass is 375 g/mol. The van der Waals surface area contributed by atoms with Crippen molar-refractivity contribution < 1.29 is 9.53 Å². The molecule has 1 spiro atoms. The van der Waals surface area contributed by atoms with Gasteiger partial charge >= 0.3 is 0 Å². The molecule has 0 radical (unpaired) electrons. The summed E-state index contributed by atoms with van der Waals surface area (Å²) in [5.41, 5.74) is 4.12. The third kappa shape index (κ3) is 2.97. The molecule has 146 valence electrons. The van der Waals surface area contributed by atoms with Crippen LogP contribution in [0, 0.1) is 5.41 Å². The van der Waals surface area contributed by atoms with Crippen LogP contribution in [-0.2, 0) is 16.0 Å². The lowest BCUT2D eigenvalue weighted by Crippen LogP contribution is -2.63. The first kappa shape index (κ1) is 17.9. The average Bonchev–Trinajstić information content (AvgIpc) is 2.96. The van der Waals surface area contributed by atoms with Gasteiger partial charge in [0.2, 0.25) is 5.91 Å². The summed E-state index contributed by atoms with van der Waals surface area (Å²) in [5, 5.41) is 0. The van der Waals surface area contributed by atoms with Gasteiger partial charge in [-0.25, -0.2) is 0 Å². The number of rotatable bonds is 2. The highest BCUT2D eigenvalue weighted by molar-refractivity contribution is 5.85. The van der Waals surface area contributed by atoms with Crippen molar-refractivity contribution in [2.24, 2.45) is 5.41 Å². The minimum absolute atomic E-state index is 0.0158. The number of carbonyl (C=O) groups excluding carboxylic acids is 1. The summed E-state index contributed by atoms with van der Waals surface area (Å²) in [6.45, 7) is 2.52. The SMILES string of the molecule is O=C(C1CCCCc2ccccc21)N1CC2(CCOCC2)C1c1ccccc1. The van der Waals surface area contributed by atoms with E-state index >= 15 is 0 Å². The smallest absolute Gasteiger partial charge is 0.230 e. The fourth-order valence-corrected chi connectivity index (χ4v) is 5.70. The average molecular weight is 376 g/mol. The Bertz CT molecular complexity index is 841. The second-order valence-corrected chi connectivity index (χ2v) is 8.75. The van der Waals surface area contributed by atoms with Gasteiger partial charge in [0.25, 0.3) is 0 Å². The first-order valence-corrected chi connectivity index (χ1v) is 10.8. The largest absolute Gasteiger partial charge is 0.381 e. The molecule has 3 nitrogen and oxygen atoms in total. The van der Waals surface area contributed by atoms with Crippen LogP contribution < -0.4 is 0 Å². The Morgan fingerprint density at radius 3 is 2.54 bits per heavy atom. The molecule has 1 aliphatic carbocycles.